The predicted molar refractivity (Wildman–Crippen MR) is 286 cm³/mol. The normalized spacial score (nSPS) is 12.8. The second-order valence-electron chi connectivity index (χ2n) is 18.3. The van der Waals surface area contributed by atoms with Gasteiger partial charge in [-0.15, -0.1) is 0 Å². The van der Waals surface area contributed by atoms with E-state index in [0.717, 1.165) is 17.1 Å². The van der Waals surface area contributed by atoms with Crippen LogP contribution >= 0.6 is 0 Å². The molecule has 1 nitrogen and oxygen atoms in total. The Morgan fingerprint density at radius 2 is 0.662 bits per heavy atom. The van der Waals surface area contributed by atoms with Crippen LogP contribution in [0.15, 0.2) is 261 Å². The molecule has 0 amide bonds. The smallest absolute Gasteiger partial charge is 0.0726 e. The van der Waals surface area contributed by atoms with Gasteiger partial charge >= 0.3 is 0 Å². The Kier molecular flexibility index (Phi) is 8.57. The number of rotatable bonds is 6. The number of benzene rings is 12. The van der Waals surface area contributed by atoms with Crippen LogP contribution in [0.4, 0.5) is 17.1 Å². The summed E-state index contributed by atoms with van der Waals surface area (Å²) in [7, 11) is 0. The first-order chi connectivity index (χ1) is 33.8. The van der Waals surface area contributed by atoms with Gasteiger partial charge in [-0.25, -0.2) is 0 Å². The first kappa shape index (κ1) is 38.5. The molecule has 0 fully saturated rings. The zero-order chi connectivity index (χ0) is 44.8. The van der Waals surface area contributed by atoms with Gasteiger partial charge in [-0.1, -0.05) is 237 Å². The molecule has 0 heterocycles. The van der Waals surface area contributed by atoms with Crippen LogP contribution in [0.3, 0.4) is 0 Å². The van der Waals surface area contributed by atoms with Crippen LogP contribution in [0.1, 0.15) is 22.3 Å². The third-order valence-electron chi connectivity index (χ3n) is 14.9. The van der Waals surface area contributed by atoms with Crippen LogP contribution in [-0.2, 0) is 5.41 Å². The molecule has 2 aliphatic rings. The minimum absolute atomic E-state index is 0.486. The van der Waals surface area contributed by atoms with E-state index < -0.39 is 5.41 Å². The summed E-state index contributed by atoms with van der Waals surface area (Å²) in [4.78, 5) is 2.57. The van der Waals surface area contributed by atoms with E-state index in [-0.39, 0.29) is 0 Å². The Bertz CT molecular complexity index is 3890. The van der Waals surface area contributed by atoms with Gasteiger partial charge in [-0.3, -0.25) is 0 Å². The fourth-order valence-corrected chi connectivity index (χ4v) is 12.0. The average molecular weight is 862 g/mol. The molecule has 0 bridgehead atoms. The summed E-state index contributed by atoms with van der Waals surface area (Å²) in [6, 6.07) is 97.1. The molecule has 0 N–H and O–H groups in total. The predicted octanol–water partition coefficient (Wildman–Crippen LogP) is 18.0. The first-order valence-electron chi connectivity index (χ1n) is 23.7. The highest BCUT2D eigenvalue weighted by Crippen LogP contribution is 2.63. The van der Waals surface area contributed by atoms with Crippen molar-refractivity contribution in [3.05, 3.63) is 283 Å². The SMILES string of the molecule is c1ccc(-c2ccc(-c3ccc(N(c4ccc5c(c4)C4(c6ccccc6-c6ccccc64)c4ccccc4-5)c4c(-c5cccc6ccccc56)c5ccccc5c5ccccc45)cc3)cc2)cc1. The van der Waals surface area contributed by atoms with Gasteiger partial charge in [-0.2, -0.15) is 0 Å². The van der Waals surface area contributed by atoms with Crippen LogP contribution in [-0.4, -0.2) is 0 Å². The van der Waals surface area contributed by atoms with Crippen molar-refractivity contribution in [3.63, 3.8) is 0 Å². The van der Waals surface area contributed by atoms with Gasteiger partial charge in [0.05, 0.1) is 11.1 Å². The van der Waals surface area contributed by atoms with Crippen molar-refractivity contribution in [3.8, 4) is 55.6 Å². The van der Waals surface area contributed by atoms with Crippen LogP contribution in [0, 0.1) is 0 Å². The van der Waals surface area contributed by atoms with E-state index in [1.165, 1.54) is 110 Å². The zero-order valence-corrected chi connectivity index (χ0v) is 37.3. The van der Waals surface area contributed by atoms with Crippen LogP contribution < -0.4 is 4.90 Å². The van der Waals surface area contributed by atoms with E-state index in [1.807, 2.05) is 0 Å². The Morgan fingerprint density at radius 1 is 0.250 bits per heavy atom. The lowest BCUT2D eigenvalue weighted by Gasteiger charge is -2.34. The van der Waals surface area contributed by atoms with Crippen molar-refractivity contribution in [2.24, 2.45) is 0 Å². The van der Waals surface area contributed by atoms with Crippen molar-refractivity contribution in [2.75, 3.05) is 4.90 Å². The molecule has 0 radical (unpaired) electrons. The third-order valence-corrected chi connectivity index (χ3v) is 14.9. The molecule has 0 aromatic heterocycles. The number of nitrogens with zero attached hydrogens (tertiary/aromatic N) is 1. The Labute approximate surface area is 396 Å². The monoisotopic (exact) mass is 861 g/mol. The fraction of sp³-hybridized carbons (Fsp3) is 0.0149. The van der Waals surface area contributed by atoms with E-state index in [4.69, 9.17) is 0 Å². The lowest BCUT2D eigenvalue weighted by molar-refractivity contribution is 0.793. The number of anilines is 3. The second-order valence-corrected chi connectivity index (χ2v) is 18.3. The van der Waals surface area contributed by atoms with Crippen molar-refractivity contribution in [1.82, 2.24) is 0 Å². The molecule has 0 unspecified atom stereocenters. The summed E-state index contributed by atoms with van der Waals surface area (Å²) in [6.45, 7) is 0. The Morgan fingerprint density at radius 3 is 1.28 bits per heavy atom. The molecule has 0 atom stereocenters. The number of hydrogen-bond acceptors (Lipinski definition) is 1. The lowest BCUT2D eigenvalue weighted by Crippen LogP contribution is -2.26. The highest BCUT2D eigenvalue weighted by molar-refractivity contribution is 6.24. The maximum atomic E-state index is 2.57. The van der Waals surface area contributed by atoms with Gasteiger partial charge in [0.15, 0.2) is 0 Å². The van der Waals surface area contributed by atoms with Gasteiger partial charge in [0.1, 0.15) is 0 Å². The van der Waals surface area contributed by atoms with Crippen LogP contribution in [0.5, 0.6) is 0 Å². The molecule has 0 aliphatic heterocycles. The van der Waals surface area contributed by atoms with Gasteiger partial charge in [0.25, 0.3) is 0 Å². The van der Waals surface area contributed by atoms with E-state index in [9.17, 15) is 0 Å². The summed E-state index contributed by atoms with van der Waals surface area (Å²) in [5.74, 6) is 0. The van der Waals surface area contributed by atoms with E-state index in [2.05, 4.69) is 266 Å². The molecule has 0 saturated carbocycles. The molecule has 1 spiro atoms. The quantitative estimate of drug-likeness (QED) is 0.151. The molecule has 316 valence electrons. The Balaban J connectivity index is 1.06. The van der Waals surface area contributed by atoms with Gasteiger partial charge in [-0.05, 0) is 124 Å². The summed E-state index contributed by atoms with van der Waals surface area (Å²) < 4.78 is 0. The third kappa shape index (κ3) is 5.57. The molecule has 12 aromatic carbocycles. The molecule has 12 aromatic rings. The first-order valence-corrected chi connectivity index (χ1v) is 23.7. The van der Waals surface area contributed by atoms with Crippen molar-refractivity contribution < 1.29 is 0 Å². The molecule has 2 aliphatic carbocycles. The maximum Gasteiger partial charge on any atom is 0.0726 e. The molecule has 68 heavy (non-hydrogen) atoms. The molecule has 14 rings (SSSR count). The van der Waals surface area contributed by atoms with Crippen LogP contribution in [0.2, 0.25) is 0 Å². The molecular formula is C67H43N. The van der Waals surface area contributed by atoms with E-state index in [1.54, 1.807) is 0 Å². The van der Waals surface area contributed by atoms with Gasteiger partial charge < -0.3 is 4.90 Å². The molecular weight excluding hydrogens is 819 g/mol. The number of fused-ring (bicyclic) bond motifs is 14. The largest absolute Gasteiger partial charge is 0.309 e. The second kappa shape index (κ2) is 15.1. The molecule has 1 heteroatoms. The summed E-state index contributed by atoms with van der Waals surface area (Å²) in [5.41, 5.74) is 20.6. The Hall–Kier alpha value is -8.78. The maximum absolute atomic E-state index is 2.57. The fourth-order valence-electron chi connectivity index (χ4n) is 12.0. The van der Waals surface area contributed by atoms with Crippen molar-refractivity contribution >= 4 is 49.4 Å². The van der Waals surface area contributed by atoms with Gasteiger partial charge in [0, 0.05) is 22.3 Å². The van der Waals surface area contributed by atoms with Gasteiger partial charge in [0.2, 0.25) is 0 Å². The molecule has 0 saturated heterocycles. The summed E-state index contributed by atoms with van der Waals surface area (Å²) >= 11 is 0. The number of hydrogen-bond donors (Lipinski definition) is 0. The van der Waals surface area contributed by atoms with Crippen LogP contribution in [0.25, 0.3) is 88.0 Å². The standard InChI is InChI=1S/C67H43N/c1-2-17-44(18-3-1)45-33-35-46(36-34-45)47-37-39-49(40-38-47)68(66-60-28-9-7-23-53(60)52-22-6-8-27-59(52)65(66)58-29-16-20-48-19-4-5-21-51(48)58)50-41-42-57-56-26-12-15-32-63(56)67(64(57)43-50)61-30-13-10-24-54(61)55-25-11-14-31-62(55)67/h1-43H. The topological polar surface area (TPSA) is 3.24 Å². The van der Waals surface area contributed by atoms with Crippen molar-refractivity contribution in [2.45, 2.75) is 5.41 Å². The summed E-state index contributed by atoms with van der Waals surface area (Å²) in [6.07, 6.45) is 0. The zero-order valence-electron chi connectivity index (χ0n) is 37.3. The average Bonchev–Trinajstić information content (AvgIpc) is 3.89. The minimum Gasteiger partial charge on any atom is -0.309 e. The van der Waals surface area contributed by atoms with E-state index >= 15 is 0 Å². The highest BCUT2D eigenvalue weighted by Gasteiger charge is 2.51. The highest BCUT2D eigenvalue weighted by atomic mass is 15.1. The lowest BCUT2D eigenvalue weighted by atomic mass is 9.70. The summed E-state index contributed by atoms with van der Waals surface area (Å²) in [5, 5.41) is 7.34. The van der Waals surface area contributed by atoms with Crippen molar-refractivity contribution in [1.29, 1.82) is 0 Å². The van der Waals surface area contributed by atoms with E-state index in [0.29, 0.717) is 0 Å². The minimum atomic E-state index is -0.486.